The molecule has 4 nitrogen and oxygen atoms in total. The van der Waals surface area contributed by atoms with E-state index >= 15 is 0 Å². The van der Waals surface area contributed by atoms with Crippen LogP contribution in [0.1, 0.15) is 18.7 Å². The highest BCUT2D eigenvalue weighted by molar-refractivity contribution is 7.99. The van der Waals surface area contributed by atoms with Crippen LogP contribution in [0.15, 0.2) is 17.5 Å². The minimum atomic E-state index is -0.293. The zero-order valence-corrected chi connectivity index (χ0v) is 14.4. The molecule has 6 heteroatoms. The van der Waals surface area contributed by atoms with E-state index in [1.807, 2.05) is 25.3 Å². The standard InChI is InChI=1S/C15H22N2O2S2/c1-4-16(3)15(19)13-9-20-10-17(13)14(18)11(2)8-12-6-5-7-21-12/h5-7,11,13H,4,8-10H2,1-3H3/t11-,13+/m0/s1. The molecule has 0 bridgehead atoms. The number of thioether (sulfide) groups is 1. The molecule has 2 amide bonds. The van der Waals surface area contributed by atoms with E-state index < -0.39 is 0 Å². The fourth-order valence-corrected chi connectivity index (χ4v) is 4.37. The lowest BCUT2D eigenvalue weighted by Gasteiger charge is -2.28. The molecule has 0 N–H and O–H groups in total. The third-order valence-corrected chi connectivity index (χ3v) is 5.72. The maximum Gasteiger partial charge on any atom is 0.245 e. The average Bonchev–Trinajstić information content (AvgIpc) is 3.15. The Hall–Kier alpha value is -1.01. The molecule has 0 saturated carbocycles. The largest absolute Gasteiger partial charge is 0.344 e. The number of carbonyl (C=O) groups excluding carboxylic acids is 2. The van der Waals surface area contributed by atoms with Gasteiger partial charge in [0.05, 0.1) is 5.88 Å². The number of amides is 2. The zero-order chi connectivity index (χ0) is 15.4. The molecule has 2 rings (SSSR count). The van der Waals surface area contributed by atoms with Gasteiger partial charge in [0, 0.05) is 30.1 Å². The molecule has 21 heavy (non-hydrogen) atoms. The highest BCUT2D eigenvalue weighted by Crippen LogP contribution is 2.25. The van der Waals surface area contributed by atoms with E-state index in [9.17, 15) is 9.59 Å². The third-order valence-electron chi connectivity index (χ3n) is 3.81. The molecular formula is C15H22N2O2S2. The third kappa shape index (κ3) is 3.80. The van der Waals surface area contributed by atoms with Crippen molar-refractivity contribution in [2.75, 3.05) is 25.2 Å². The number of nitrogens with zero attached hydrogens (tertiary/aromatic N) is 2. The lowest BCUT2D eigenvalue weighted by molar-refractivity contribution is -0.144. The molecule has 1 aromatic heterocycles. The summed E-state index contributed by atoms with van der Waals surface area (Å²) >= 11 is 3.34. The van der Waals surface area contributed by atoms with Gasteiger partial charge >= 0.3 is 0 Å². The summed E-state index contributed by atoms with van der Waals surface area (Å²) in [5.41, 5.74) is 0. The average molecular weight is 326 g/mol. The van der Waals surface area contributed by atoms with Gasteiger partial charge in [-0.2, -0.15) is 0 Å². The molecule has 0 spiro atoms. The van der Waals surface area contributed by atoms with Gasteiger partial charge in [-0.25, -0.2) is 0 Å². The van der Waals surface area contributed by atoms with Crippen LogP contribution in [0.2, 0.25) is 0 Å². The van der Waals surface area contributed by atoms with Gasteiger partial charge in [-0.15, -0.1) is 23.1 Å². The van der Waals surface area contributed by atoms with Gasteiger partial charge in [0.15, 0.2) is 0 Å². The van der Waals surface area contributed by atoms with Crippen LogP contribution in [0.5, 0.6) is 0 Å². The number of likely N-dealkylation sites (N-methyl/N-ethyl adjacent to an activating group) is 1. The van der Waals surface area contributed by atoms with E-state index in [-0.39, 0.29) is 23.8 Å². The predicted molar refractivity (Wildman–Crippen MR) is 88.5 cm³/mol. The molecule has 1 aromatic rings. The predicted octanol–water partition coefficient (Wildman–Crippen LogP) is 2.31. The topological polar surface area (TPSA) is 40.6 Å². The van der Waals surface area contributed by atoms with E-state index in [1.165, 1.54) is 4.88 Å². The monoisotopic (exact) mass is 326 g/mol. The summed E-state index contributed by atoms with van der Waals surface area (Å²) in [7, 11) is 1.79. The molecule has 1 aliphatic heterocycles. The van der Waals surface area contributed by atoms with Crippen LogP contribution in [0, 0.1) is 5.92 Å². The highest BCUT2D eigenvalue weighted by Gasteiger charge is 2.37. The van der Waals surface area contributed by atoms with Gasteiger partial charge in [0.2, 0.25) is 11.8 Å². The Balaban J connectivity index is 2.01. The lowest BCUT2D eigenvalue weighted by atomic mass is 10.0. The molecular weight excluding hydrogens is 304 g/mol. The van der Waals surface area contributed by atoms with Crippen molar-refractivity contribution in [1.29, 1.82) is 0 Å². The van der Waals surface area contributed by atoms with Crippen LogP contribution in [-0.4, -0.2) is 52.9 Å². The maximum absolute atomic E-state index is 12.6. The van der Waals surface area contributed by atoms with Gasteiger partial charge in [0.25, 0.3) is 0 Å². The molecule has 2 atom stereocenters. The lowest BCUT2D eigenvalue weighted by Crippen LogP contribution is -2.49. The molecule has 116 valence electrons. The second kappa shape index (κ2) is 7.31. The summed E-state index contributed by atoms with van der Waals surface area (Å²) in [5.74, 6) is 1.40. The van der Waals surface area contributed by atoms with Gasteiger partial charge in [-0.05, 0) is 24.8 Å². The molecule has 0 aromatic carbocycles. The summed E-state index contributed by atoms with van der Waals surface area (Å²) in [4.78, 5) is 29.7. The summed E-state index contributed by atoms with van der Waals surface area (Å²) < 4.78 is 0. The van der Waals surface area contributed by atoms with Crippen molar-refractivity contribution in [3.8, 4) is 0 Å². The number of rotatable bonds is 5. The Labute approximate surface area is 134 Å². The summed E-state index contributed by atoms with van der Waals surface area (Å²) in [6.07, 6.45) is 0.752. The summed E-state index contributed by atoms with van der Waals surface area (Å²) in [6, 6.07) is 3.77. The van der Waals surface area contributed by atoms with Crippen LogP contribution in [0.25, 0.3) is 0 Å². The minimum Gasteiger partial charge on any atom is -0.344 e. The zero-order valence-electron chi connectivity index (χ0n) is 12.7. The first-order valence-electron chi connectivity index (χ1n) is 7.20. The first-order chi connectivity index (χ1) is 10.0. The van der Waals surface area contributed by atoms with Gasteiger partial charge in [-0.3, -0.25) is 9.59 Å². The number of hydrogen-bond donors (Lipinski definition) is 0. The normalized spacial score (nSPS) is 19.6. The van der Waals surface area contributed by atoms with Crippen molar-refractivity contribution in [1.82, 2.24) is 9.80 Å². The van der Waals surface area contributed by atoms with Crippen molar-refractivity contribution in [3.05, 3.63) is 22.4 Å². The Morgan fingerprint density at radius 3 is 2.90 bits per heavy atom. The summed E-state index contributed by atoms with van der Waals surface area (Å²) in [6.45, 7) is 4.58. The fourth-order valence-electron chi connectivity index (χ4n) is 2.38. The van der Waals surface area contributed by atoms with Crippen LogP contribution in [0.4, 0.5) is 0 Å². The second-order valence-corrected chi connectivity index (χ2v) is 7.39. The quantitative estimate of drug-likeness (QED) is 0.834. The van der Waals surface area contributed by atoms with Crippen LogP contribution in [-0.2, 0) is 16.0 Å². The SMILES string of the molecule is CCN(C)C(=O)[C@H]1CSCN1C(=O)[C@@H](C)Cc1cccs1. The van der Waals surface area contributed by atoms with Crippen molar-refractivity contribution in [2.24, 2.45) is 5.92 Å². The van der Waals surface area contributed by atoms with E-state index in [2.05, 4.69) is 6.07 Å². The first-order valence-corrected chi connectivity index (χ1v) is 9.23. The van der Waals surface area contributed by atoms with Crippen LogP contribution < -0.4 is 0 Å². The van der Waals surface area contributed by atoms with Crippen LogP contribution in [0.3, 0.4) is 0 Å². The van der Waals surface area contributed by atoms with E-state index in [1.54, 1.807) is 39.9 Å². The van der Waals surface area contributed by atoms with E-state index in [0.29, 0.717) is 18.2 Å². The Morgan fingerprint density at radius 2 is 2.29 bits per heavy atom. The second-order valence-electron chi connectivity index (χ2n) is 5.36. The van der Waals surface area contributed by atoms with Crippen molar-refractivity contribution >= 4 is 34.9 Å². The summed E-state index contributed by atoms with van der Waals surface area (Å²) in [5, 5.41) is 2.03. The number of hydrogen-bond acceptors (Lipinski definition) is 4. The fraction of sp³-hybridized carbons (Fsp3) is 0.600. The van der Waals surface area contributed by atoms with Crippen molar-refractivity contribution in [3.63, 3.8) is 0 Å². The van der Waals surface area contributed by atoms with Crippen molar-refractivity contribution in [2.45, 2.75) is 26.3 Å². The van der Waals surface area contributed by atoms with Crippen LogP contribution >= 0.6 is 23.1 Å². The Morgan fingerprint density at radius 1 is 1.52 bits per heavy atom. The molecule has 0 aliphatic carbocycles. The molecule has 1 fully saturated rings. The Kier molecular flexibility index (Phi) is 5.70. The van der Waals surface area contributed by atoms with Gasteiger partial charge in [-0.1, -0.05) is 13.0 Å². The van der Waals surface area contributed by atoms with Gasteiger partial charge < -0.3 is 9.80 Å². The number of thiophene rings is 1. The first kappa shape index (κ1) is 16.4. The Bertz CT molecular complexity index is 490. The maximum atomic E-state index is 12.6. The smallest absolute Gasteiger partial charge is 0.245 e. The molecule has 1 saturated heterocycles. The van der Waals surface area contributed by atoms with E-state index in [4.69, 9.17) is 0 Å². The molecule has 0 radical (unpaired) electrons. The highest BCUT2D eigenvalue weighted by atomic mass is 32.2. The minimum absolute atomic E-state index is 0.0548. The van der Waals surface area contributed by atoms with Crippen molar-refractivity contribution < 1.29 is 9.59 Å². The number of carbonyl (C=O) groups is 2. The molecule has 0 unspecified atom stereocenters. The van der Waals surface area contributed by atoms with Gasteiger partial charge in [0.1, 0.15) is 6.04 Å². The molecule has 2 heterocycles. The molecule has 1 aliphatic rings. The van der Waals surface area contributed by atoms with E-state index in [0.717, 1.165) is 6.42 Å².